The van der Waals surface area contributed by atoms with E-state index in [4.69, 9.17) is 18.0 Å². The second-order valence-corrected chi connectivity index (χ2v) is 4.20. The first-order valence-corrected chi connectivity index (χ1v) is 5.06. The Morgan fingerprint density at radius 3 is 3.00 bits per heavy atom. The van der Waals surface area contributed by atoms with Crippen molar-refractivity contribution in [2.75, 3.05) is 0 Å². The molecular weight excluding hydrogens is 222 g/mol. The number of carbonyl (C=O) groups excluding carboxylic acids is 1. The summed E-state index contributed by atoms with van der Waals surface area (Å²) < 4.78 is 0.250. The molecule has 1 atom stereocenters. The average Bonchev–Trinajstić information content (AvgIpc) is 2.52. The van der Waals surface area contributed by atoms with Crippen LogP contribution in [-0.2, 0) is 0 Å². The number of aromatic nitrogens is 2. The standard InChI is InChI=1S/C8H8ClN3OS/c1-3-4-5(2)10-6(13)7-11-12-8(9)14-7/h1,5H,4H2,2H3,(H,10,13). The maximum absolute atomic E-state index is 11.4. The molecule has 4 nitrogen and oxygen atoms in total. The number of amides is 1. The predicted molar refractivity (Wildman–Crippen MR) is 55.3 cm³/mol. The van der Waals surface area contributed by atoms with E-state index >= 15 is 0 Å². The Balaban J connectivity index is 2.55. The number of halogens is 1. The second-order valence-electron chi connectivity index (χ2n) is 2.64. The highest BCUT2D eigenvalue weighted by Gasteiger charge is 2.13. The van der Waals surface area contributed by atoms with Crippen molar-refractivity contribution in [3.05, 3.63) is 9.47 Å². The van der Waals surface area contributed by atoms with E-state index in [1.54, 1.807) is 0 Å². The number of carbonyl (C=O) groups is 1. The lowest BCUT2D eigenvalue weighted by Gasteiger charge is -2.07. The van der Waals surface area contributed by atoms with Gasteiger partial charge in [0.25, 0.3) is 5.91 Å². The van der Waals surface area contributed by atoms with E-state index in [-0.39, 0.29) is 21.4 Å². The SMILES string of the molecule is C#CCC(C)NC(=O)c1nnc(Cl)s1. The quantitative estimate of drug-likeness (QED) is 0.796. The number of hydrogen-bond acceptors (Lipinski definition) is 4. The second kappa shape index (κ2) is 4.94. The van der Waals surface area contributed by atoms with Crippen LogP contribution in [0.1, 0.15) is 23.1 Å². The molecule has 1 rings (SSSR count). The summed E-state index contributed by atoms with van der Waals surface area (Å²) in [5.41, 5.74) is 0. The van der Waals surface area contributed by atoms with Gasteiger partial charge in [0.15, 0.2) is 0 Å². The largest absolute Gasteiger partial charge is 0.347 e. The summed E-state index contributed by atoms with van der Waals surface area (Å²) >= 11 is 6.57. The summed E-state index contributed by atoms with van der Waals surface area (Å²) in [6.07, 6.45) is 5.58. The normalized spacial score (nSPS) is 11.8. The Hall–Kier alpha value is -1.12. The molecule has 0 saturated heterocycles. The monoisotopic (exact) mass is 229 g/mol. The number of nitrogens with zero attached hydrogens (tertiary/aromatic N) is 2. The molecule has 1 aromatic heterocycles. The molecule has 74 valence electrons. The molecule has 0 aromatic carbocycles. The number of rotatable bonds is 3. The first-order chi connectivity index (χ1) is 6.63. The van der Waals surface area contributed by atoms with E-state index in [0.29, 0.717) is 6.42 Å². The topological polar surface area (TPSA) is 54.9 Å². The summed E-state index contributed by atoms with van der Waals surface area (Å²) in [4.78, 5) is 11.4. The third-order valence-corrected chi connectivity index (χ3v) is 2.41. The summed E-state index contributed by atoms with van der Waals surface area (Å²) in [7, 11) is 0. The fourth-order valence-electron chi connectivity index (χ4n) is 0.810. The van der Waals surface area contributed by atoms with Crippen LogP contribution in [0.15, 0.2) is 0 Å². The maximum atomic E-state index is 11.4. The molecule has 0 aliphatic heterocycles. The van der Waals surface area contributed by atoms with E-state index in [0.717, 1.165) is 11.3 Å². The zero-order valence-corrected chi connectivity index (χ0v) is 9.02. The summed E-state index contributed by atoms with van der Waals surface area (Å²) in [6, 6.07) is -0.0739. The lowest BCUT2D eigenvalue weighted by Crippen LogP contribution is -2.32. The van der Waals surface area contributed by atoms with E-state index in [1.807, 2.05) is 6.92 Å². The zero-order chi connectivity index (χ0) is 10.6. The molecular formula is C8H8ClN3OS. The van der Waals surface area contributed by atoms with Crippen molar-refractivity contribution < 1.29 is 4.79 Å². The van der Waals surface area contributed by atoms with Crippen molar-refractivity contribution in [1.82, 2.24) is 15.5 Å². The van der Waals surface area contributed by atoms with Gasteiger partial charge in [0.05, 0.1) is 0 Å². The smallest absolute Gasteiger partial charge is 0.282 e. The van der Waals surface area contributed by atoms with Gasteiger partial charge in [-0.15, -0.1) is 22.5 Å². The first-order valence-electron chi connectivity index (χ1n) is 3.87. The molecule has 0 fully saturated rings. The van der Waals surface area contributed by atoms with E-state index < -0.39 is 0 Å². The molecule has 1 N–H and O–H groups in total. The highest BCUT2D eigenvalue weighted by molar-refractivity contribution is 7.17. The first kappa shape index (κ1) is 11.0. The average molecular weight is 230 g/mol. The Morgan fingerprint density at radius 2 is 2.50 bits per heavy atom. The lowest BCUT2D eigenvalue weighted by molar-refractivity contribution is 0.0940. The molecule has 6 heteroatoms. The third-order valence-electron chi connectivity index (χ3n) is 1.40. The van der Waals surface area contributed by atoms with Gasteiger partial charge in [-0.3, -0.25) is 4.79 Å². The molecule has 0 aliphatic rings. The van der Waals surface area contributed by atoms with Crippen LogP contribution in [0.25, 0.3) is 0 Å². The fourth-order valence-corrected chi connectivity index (χ4v) is 1.54. The Morgan fingerprint density at radius 1 is 1.79 bits per heavy atom. The van der Waals surface area contributed by atoms with Crippen molar-refractivity contribution in [3.63, 3.8) is 0 Å². The van der Waals surface area contributed by atoms with Gasteiger partial charge < -0.3 is 5.32 Å². The van der Waals surface area contributed by atoms with E-state index in [1.165, 1.54) is 0 Å². The van der Waals surface area contributed by atoms with Crippen molar-refractivity contribution in [2.45, 2.75) is 19.4 Å². The van der Waals surface area contributed by atoms with E-state index in [2.05, 4.69) is 21.4 Å². The minimum absolute atomic E-state index is 0.0739. The van der Waals surface area contributed by atoms with Crippen molar-refractivity contribution in [2.24, 2.45) is 0 Å². The van der Waals surface area contributed by atoms with Crippen LogP contribution < -0.4 is 5.32 Å². The van der Waals surface area contributed by atoms with Gasteiger partial charge in [0.1, 0.15) is 0 Å². The predicted octanol–water partition coefficient (Wildman–Crippen LogP) is 1.33. The minimum atomic E-state index is -0.294. The van der Waals surface area contributed by atoms with Crippen LogP contribution in [0, 0.1) is 12.3 Å². The molecule has 0 saturated carbocycles. The minimum Gasteiger partial charge on any atom is -0.347 e. The van der Waals surface area contributed by atoms with Crippen molar-refractivity contribution in [3.8, 4) is 12.3 Å². The zero-order valence-electron chi connectivity index (χ0n) is 7.45. The van der Waals surface area contributed by atoms with Crippen LogP contribution >= 0.6 is 22.9 Å². The summed E-state index contributed by atoms with van der Waals surface area (Å²) in [5.74, 6) is 2.16. The van der Waals surface area contributed by atoms with Gasteiger partial charge in [-0.1, -0.05) is 11.3 Å². The molecule has 1 unspecified atom stereocenters. The highest BCUT2D eigenvalue weighted by Crippen LogP contribution is 2.14. The Labute approximate surface area is 90.7 Å². The van der Waals surface area contributed by atoms with E-state index in [9.17, 15) is 4.79 Å². The number of hydrogen-bond donors (Lipinski definition) is 1. The van der Waals surface area contributed by atoms with Crippen LogP contribution in [-0.4, -0.2) is 22.1 Å². The fraction of sp³-hybridized carbons (Fsp3) is 0.375. The molecule has 1 amide bonds. The maximum Gasteiger partial charge on any atom is 0.282 e. The van der Waals surface area contributed by atoms with Crippen LogP contribution in [0.4, 0.5) is 0 Å². The van der Waals surface area contributed by atoms with Gasteiger partial charge in [-0.25, -0.2) is 0 Å². The summed E-state index contributed by atoms with van der Waals surface area (Å²) in [6.45, 7) is 1.82. The molecule has 0 radical (unpaired) electrons. The molecule has 14 heavy (non-hydrogen) atoms. The molecule has 0 aliphatic carbocycles. The molecule has 1 heterocycles. The molecule has 1 aromatic rings. The van der Waals surface area contributed by atoms with Crippen LogP contribution in [0.2, 0.25) is 4.47 Å². The highest BCUT2D eigenvalue weighted by atomic mass is 35.5. The van der Waals surface area contributed by atoms with Gasteiger partial charge in [-0.2, -0.15) is 0 Å². The Bertz CT molecular complexity index is 371. The van der Waals surface area contributed by atoms with Crippen molar-refractivity contribution in [1.29, 1.82) is 0 Å². The molecule has 0 bridgehead atoms. The number of terminal acetylenes is 1. The van der Waals surface area contributed by atoms with Gasteiger partial charge >= 0.3 is 0 Å². The lowest BCUT2D eigenvalue weighted by atomic mass is 10.2. The molecule has 0 spiro atoms. The number of nitrogens with one attached hydrogen (secondary N) is 1. The van der Waals surface area contributed by atoms with Gasteiger partial charge in [0, 0.05) is 12.5 Å². The van der Waals surface area contributed by atoms with Crippen LogP contribution in [0.3, 0.4) is 0 Å². The van der Waals surface area contributed by atoms with Crippen LogP contribution in [0.5, 0.6) is 0 Å². The van der Waals surface area contributed by atoms with Gasteiger partial charge in [-0.05, 0) is 18.5 Å². The van der Waals surface area contributed by atoms with Crippen molar-refractivity contribution >= 4 is 28.8 Å². The summed E-state index contributed by atoms with van der Waals surface area (Å²) in [5, 5.41) is 10.1. The third kappa shape index (κ3) is 2.98. The van der Waals surface area contributed by atoms with Gasteiger partial charge in [0.2, 0.25) is 9.47 Å². The Kier molecular flexibility index (Phi) is 3.86.